The van der Waals surface area contributed by atoms with Crippen molar-refractivity contribution in [3.05, 3.63) is 41.1 Å². The number of ether oxygens (including phenoxy) is 1. The highest BCUT2D eigenvalue weighted by molar-refractivity contribution is 6.23. The molecule has 1 aliphatic carbocycles. The molecule has 7 heteroatoms. The maximum absolute atomic E-state index is 12.2. The number of allylic oxidation sites excluding steroid dienone is 1. The highest BCUT2D eigenvalue weighted by atomic mass is 16.5. The molecule has 0 radical (unpaired) electrons. The molecule has 0 spiro atoms. The first-order valence-corrected chi connectivity index (χ1v) is 9.11. The van der Waals surface area contributed by atoms with E-state index in [1.165, 1.54) is 0 Å². The predicted octanol–water partition coefficient (Wildman–Crippen LogP) is 2.08. The highest BCUT2D eigenvalue weighted by Gasteiger charge is 2.35. The number of carbonyl (C=O) groups is 4. The molecule has 1 heterocycles. The van der Waals surface area contributed by atoms with Crippen LogP contribution in [0.25, 0.3) is 0 Å². The van der Waals surface area contributed by atoms with Gasteiger partial charge in [0, 0.05) is 30.8 Å². The summed E-state index contributed by atoms with van der Waals surface area (Å²) in [5.41, 5.74) is 2.14. The molecular weight excluding hydrogens is 348 g/mol. The number of benzene rings is 1. The molecule has 0 saturated carbocycles. The van der Waals surface area contributed by atoms with Crippen molar-refractivity contribution < 1.29 is 23.9 Å². The van der Waals surface area contributed by atoms with E-state index in [2.05, 4.69) is 5.32 Å². The van der Waals surface area contributed by atoms with Gasteiger partial charge < -0.3 is 15.0 Å². The normalized spacial score (nSPS) is 16.4. The van der Waals surface area contributed by atoms with Crippen LogP contribution in [0.3, 0.4) is 0 Å². The van der Waals surface area contributed by atoms with Crippen molar-refractivity contribution in [3.8, 4) is 0 Å². The minimum absolute atomic E-state index is 0.0742. The molecule has 0 atom stereocenters. The highest BCUT2D eigenvalue weighted by Crippen LogP contribution is 2.30. The second-order valence-electron chi connectivity index (χ2n) is 6.54. The lowest BCUT2D eigenvalue weighted by atomic mass is 9.94. The van der Waals surface area contributed by atoms with Gasteiger partial charge in [-0.1, -0.05) is 0 Å². The Bertz CT molecular complexity index is 810. The maximum Gasteiger partial charge on any atom is 0.338 e. The van der Waals surface area contributed by atoms with E-state index in [0.29, 0.717) is 42.8 Å². The summed E-state index contributed by atoms with van der Waals surface area (Å²) in [7, 11) is 0. The molecular formula is C20H22N2O5. The van der Waals surface area contributed by atoms with Gasteiger partial charge in [-0.2, -0.15) is 0 Å². The van der Waals surface area contributed by atoms with Crippen LogP contribution in [0.4, 0.5) is 5.69 Å². The first-order chi connectivity index (χ1) is 13.0. The van der Waals surface area contributed by atoms with Crippen molar-refractivity contribution in [1.82, 2.24) is 4.90 Å². The Labute approximate surface area is 157 Å². The van der Waals surface area contributed by atoms with Gasteiger partial charge in [0.15, 0.2) is 11.6 Å². The summed E-state index contributed by atoms with van der Waals surface area (Å²) in [4.78, 5) is 49.6. The third kappa shape index (κ3) is 4.24. The standard InChI is InChI=1S/C20H22N2O5/c1-2-27-20(26)13-6-8-14(9-7-13)21-18(25)10-11-22-12-17(24)19-15(22)4-3-5-16(19)23/h6-9H,2-5,10-12H2,1H3,(H,21,25). The number of hydrogen-bond acceptors (Lipinski definition) is 6. The number of hydrogen-bond donors (Lipinski definition) is 1. The Morgan fingerprint density at radius 1 is 1.11 bits per heavy atom. The molecule has 1 aromatic carbocycles. The third-order valence-electron chi connectivity index (χ3n) is 4.67. The minimum Gasteiger partial charge on any atom is -0.462 e. The van der Waals surface area contributed by atoms with Crippen LogP contribution in [-0.2, 0) is 19.1 Å². The van der Waals surface area contributed by atoms with Crippen LogP contribution in [0.1, 0.15) is 43.0 Å². The third-order valence-corrected chi connectivity index (χ3v) is 4.67. The fraction of sp³-hybridized carbons (Fsp3) is 0.400. The van der Waals surface area contributed by atoms with Gasteiger partial charge in [-0.25, -0.2) is 4.79 Å². The number of Topliss-reactive ketones (excluding diaryl/α,β-unsaturated/α-hetero) is 2. The summed E-state index contributed by atoms with van der Waals surface area (Å²) in [6.45, 7) is 2.62. The molecule has 0 fully saturated rings. The quantitative estimate of drug-likeness (QED) is 0.609. The molecule has 0 unspecified atom stereocenters. The van der Waals surface area contributed by atoms with Crippen molar-refractivity contribution in [3.63, 3.8) is 0 Å². The van der Waals surface area contributed by atoms with Crippen LogP contribution in [0.2, 0.25) is 0 Å². The maximum atomic E-state index is 12.2. The van der Waals surface area contributed by atoms with Crippen LogP contribution >= 0.6 is 0 Å². The monoisotopic (exact) mass is 370 g/mol. The summed E-state index contributed by atoms with van der Waals surface area (Å²) < 4.78 is 4.92. The molecule has 0 saturated heterocycles. The number of rotatable bonds is 6. The van der Waals surface area contributed by atoms with Crippen molar-refractivity contribution in [2.24, 2.45) is 0 Å². The van der Waals surface area contributed by atoms with Crippen LogP contribution in [-0.4, -0.2) is 48.0 Å². The number of ketones is 2. The number of carbonyl (C=O) groups excluding carboxylic acids is 4. The number of nitrogens with one attached hydrogen (secondary N) is 1. The molecule has 1 aliphatic heterocycles. The van der Waals surface area contributed by atoms with Gasteiger partial charge in [0.05, 0.1) is 24.3 Å². The largest absolute Gasteiger partial charge is 0.462 e. The average molecular weight is 370 g/mol. The van der Waals surface area contributed by atoms with E-state index in [-0.39, 0.29) is 30.4 Å². The summed E-state index contributed by atoms with van der Waals surface area (Å²) in [6, 6.07) is 6.48. The Kier molecular flexibility index (Phi) is 5.69. The number of esters is 1. The van der Waals surface area contributed by atoms with E-state index < -0.39 is 5.97 Å². The fourth-order valence-electron chi connectivity index (χ4n) is 3.39. The van der Waals surface area contributed by atoms with Gasteiger partial charge in [-0.15, -0.1) is 0 Å². The molecule has 1 amide bonds. The van der Waals surface area contributed by atoms with Gasteiger partial charge in [-0.3, -0.25) is 14.4 Å². The van der Waals surface area contributed by atoms with Crippen LogP contribution in [0, 0.1) is 0 Å². The Morgan fingerprint density at radius 3 is 2.56 bits per heavy atom. The molecule has 1 aromatic rings. The lowest BCUT2D eigenvalue weighted by molar-refractivity contribution is -0.121. The van der Waals surface area contributed by atoms with Gasteiger partial charge in [-0.05, 0) is 44.0 Å². The van der Waals surface area contributed by atoms with Crippen molar-refractivity contribution >= 4 is 29.1 Å². The number of amides is 1. The summed E-state index contributed by atoms with van der Waals surface area (Å²) in [5.74, 6) is -0.803. The SMILES string of the molecule is CCOC(=O)c1ccc(NC(=O)CCN2CC(=O)C3=C2CCCC3=O)cc1. The molecule has 0 bridgehead atoms. The van der Waals surface area contributed by atoms with Crippen LogP contribution in [0.5, 0.6) is 0 Å². The van der Waals surface area contributed by atoms with E-state index in [1.807, 2.05) is 4.90 Å². The van der Waals surface area contributed by atoms with E-state index in [9.17, 15) is 19.2 Å². The number of anilines is 1. The molecule has 3 rings (SSSR count). The van der Waals surface area contributed by atoms with Crippen LogP contribution < -0.4 is 5.32 Å². The predicted molar refractivity (Wildman–Crippen MR) is 98.1 cm³/mol. The number of nitrogens with zero attached hydrogens (tertiary/aromatic N) is 1. The topological polar surface area (TPSA) is 92.8 Å². The second-order valence-corrected chi connectivity index (χ2v) is 6.54. The van der Waals surface area contributed by atoms with Gasteiger partial charge in [0.1, 0.15) is 0 Å². The lowest BCUT2D eigenvalue weighted by Gasteiger charge is -2.23. The fourth-order valence-corrected chi connectivity index (χ4v) is 3.39. The van der Waals surface area contributed by atoms with Crippen molar-refractivity contribution in [2.75, 3.05) is 25.0 Å². The zero-order chi connectivity index (χ0) is 19.4. The molecule has 142 valence electrons. The first-order valence-electron chi connectivity index (χ1n) is 9.11. The summed E-state index contributed by atoms with van der Waals surface area (Å²) in [5, 5.41) is 2.77. The minimum atomic E-state index is -0.403. The van der Waals surface area contributed by atoms with E-state index >= 15 is 0 Å². The zero-order valence-corrected chi connectivity index (χ0v) is 15.2. The molecule has 0 aromatic heterocycles. The Balaban J connectivity index is 1.54. The second kappa shape index (κ2) is 8.16. The van der Waals surface area contributed by atoms with Gasteiger partial charge in [0.25, 0.3) is 0 Å². The molecule has 7 nitrogen and oxygen atoms in total. The summed E-state index contributed by atoms with van der Waals surface area (Å²) in [6.07, 6.45) is 2.10. The van der Waals surface area contributed by atoms with E-state index in [1.54, 1.807) is 31.2 Å². The first kappa shape index (κ1) is 18.8. The van der Waals surface area contributed by atoms with Gasteiger partial charge >= 0.3 is 5.97 Å². The zero-order valence-electron chi connectivity index (χ0n) is 15.2. The van der Waals surface area contributed by atoms with Crippen molar-refractivity contribution in [1.29, 1.82) is 0 Å². The van der Waals surface area contributed by atoms with E-state index in [0.717, 1.165) is 12.1 Å². The summed E-state index contributed by atoms with van der Waals surface area (Å²) >= 11 is 0. The van der Waals surface area contributed by atoms with Gasteiger partial charge in [0.2, 0.25) is 5.91 Å². The van der Waals surface area contributed by atoms with E-state index in [4.69, 9.17) is 4.74 Å². The van der Waals surface area contributed by atoms with Crippen LogP contribution in [0.15, 0.2) is 35.5 Å². The Morgan fingerprint density at radius 2 is 1.85 bits per heavy atom. The molecule has 2 aliphatic rings. The average Bonchev–Trinajstić information content (AvgIpc) is 2.98. The smallest absolute Gasteiger partial charge is 0.338 e. The lowest BCUT2D eigenvalue weighted by Crippen LogP contribution is -2.27. The molecule has 1 N–H and O–H groups in total. The van der Waals surface area contributed by atoms with Crippen molar-refractivity contribution in [2.45, 2.75) is 32.6 Å². The Hall–Kier alpha value is -2.96. The molecule has 27 heavy (non-hydrogen) atoms.